The van der Waals surface area contributed by atoms with E-state index in [0.29, 0.717) is 38.6 Å². The highest BCUT2D eigenvalue weighted by atomic mass is 16.6. The number of aryl methyl sites for hydroxylation is 1. The van der Waals surface area contributed by atoms with Gasteiger partial charge in [0.15, 0.2) is 5.88 Å². The standard InChI is InChI=1S/C37H42N4O8/c1-21-38-28-14-11-23-10-9-22(17-27(23)31(28)32(43)39-21)19-40(35(46)49-37(5,6)7)25-12-13-26-24(18-25)20-41(33(26)44)29(34(45)47-8)15-16-30(42)48-36(2,3)4/h9-14,17-18,20,29,44H,15-16,19H2,1-8H3,(H,38,39,43). The maximum Gasteiger partial charge on any atom is 0.415 e. The van der Waals surface area contributed by atoms with Crippen molar-refractivity contribution in [2.75, 3.05) is 12.0 Å². The van der Waals surface area contributed by atoms with E-state index < -0.39 is 35.3 Å². The molecule has 1 amide bonds. The molecule has 49 heavy (non-hydrogen) atoms. The summed E-state index contributed by atoms with van der Waals surface area (Å²) in [5.74, 6) is -0.797. The van der Waals surface area contributed by atoms with Crippen molar-refractivity contribution in [3.8, 4) is 5.88 Å². The Balaban J connectivity index is 1.54. The van der Waals surface area contributed by atoms with Crippen LogP contribution in [0.2, 0.25) is 0 Å². The van der Waals surface area contributed by atoms with Crippen LogP contribution in [0.25, 0.3) is 32.4 Å². The van der Waals surface area contributed by atoms with Crippen LogP contribution >= 0.6 is 0 Å². The molecule has 1 unspecified atom stereocenters. The number of nitrogens with one attached hydrogen (secondary N) is 1. The second-order valence-corrected chi connectivity index (χ2v) is 14.0. The first kappa shape index (κ1) is 34.9. The largest absolute Gasteiger partial charge is 0.494 e. The van der Waals surface area contributed by atoms with E-state index in [1.165, 1.54) is 16.6 Å². The molecule has 12 nitrogen and oxygen atoms in total. The third kappa shape index (κ3) is 7.85. The minimum atomic E-state index is -1.01. The molecule has 5 rings (SSSR count). The summed E-state index contributed by atoms with van der Waals surface area (Å²) in [6, 6.07) is 13.4. The number of esters is 2. The number of amides is 1. The van der Waals surface area contributed by atoms with Crippen LogP contribution in [-0.4, -0.2) is 56.0 Å². The van der Waals surface area contributed by atoms with Gasteiger partial charge in [-0.25, -0.2) is 14.6 Å². The van der Waals surface area contributed by atoms with E-state index in [4.69, 9.17) is 14.2 Å². The summed E-state index contributed by atoms with van der Waals surface area (Å²) in [6.45, 7) is 12.4. The Morgan fingerprint density at radius 2 is 1.63 bits per heavy atom. The van der Waals surface area contributed by atoms with Crippen molar-refractivity contribution >= 4 is 56.2 Å². The summed E-state index contributed by atoms with van der Waals surface area (Å²) in [4.78, 5) is 60.7. The first-order chi connectivity index (χ1) is 22.9. The van der Waals surface area contributed by atoms with Gasteiger partial charge in [0.25, 0.3) is 5.56 Å². The van der Waals surface area contributed by atoms with Crippen LogP contribution in [-0.2, 0) is 30.3 Å². The molecule has 12 heteroatoms. The predicted octanol–water partition coefficient (Wildman–Crippen LogP) is 6.82. The number of anilines is 1. The number of ether oxygens (including phenoxy) is 3. The van der Waals surface area contributed by atoms with Crippen molar-refractivity contribution in [2.24, 2.45) is 0 Å². The lowest BCUT2D eigenvalue weighted by atomic mass is 10.0. The number of H-pyrrole nitrogens is 1. The number of hydrogen-bond donors (Lipinski definition) is 2. The zero-order valence-corrected chi connectivity index (χ0v) is 29.0. The zero-order valence-electron chi connectivity index (χ0n) is 29.0. The fourth-order valence-electron chi connectivity index (χ4n) is 5.75. The molecule has 3 aromatic carbocycles. The van der Waals surface area contributed by atoms with Crippen molar-refractivity contribution in [3.05, 3.63) is 76.5 Å². The maximum absolute atomic E-state index is 13.7. The van der Waals surface area contributed by atoms with Gasteiger partial charge in [0.05, 0.1) is 24.6 Å². The summed E-state index contributed by atoms with van der Waals surface area (Å²) in [5.41, 5.74) is 0.0444. The number of aromatic hydroxyl groups is 1. The number of nitrogens with zero attached hydrogens (tertiary/aromatic N) is 3. The smallest absolute Gasteiger partial charge is 0.415 e. The second-order valence-electron chi connectivity index (χ2n) is 14.0. The number of fused-ring (bicyclic) bond motifs is 4. The van der Waals surface area contributed by atoms with Gasteiger partial charge in [-0.3, -0.25) is 14.5 Å². The molecule has 2 aromatic heterocycles. The fraction of sp³-hybridized carbons (Fsp3) is 0.378. The average Bonchev–Trinajstić information content (AvgIpc) is 3.32. The molecule has 2 N–H and O–H groups in total. The van der Waals surface area contributed by atoms with Gasteiger partial charge in [-0.05, 0) is 102 Å². The van der Waals surface area contributed by atoms with Gasteiger partial charge >= 0.3 is 18.0 Å². The van der Waals surface area contributed by atoms with Gasteiger partial charge in [0.2, 0.25) is 0 Å². The van der Waals surface area contributed by atoms with Crippen molar-refractivity contribution in [1.82, 2.24) is 14.5 Å². The Morgan fingerprint density at radius 1 is 0.939 bits per heavy atom. The normalized spacial score (nSPS) is 12.7. The number of benzene rings is 3. The number of hydrogen-bond acceptors (Lipinski definition) is 9. The van der Waals surface area contributed by atoms with Gasteiger partial charge in [-0.1, -0.05) is 18.2 Å². The number of aromatic nitrogens is 3. The van der Waals surface area contributed by atoms with Crippen LogP contribution in [0.3, 0.4) is 0 Å². The van der Waals surface area contributed by atoms with E-state index in [1.54, 1.807) is 72.9 Å². The molecule has 0 aliphatic heterocycles. The molecule has 258 valence electrons. The maximum atomic E-state index is 13.7. The highest BCUT2D eigenvalue weighted by molar-refractivity contribution is 6.06. The summed E-state index contributed by atoms with van der Waals surface area (Å²) in [7, 11) is 1.24. The zero-order chi connectivity index (χ0) is 35.8. The van der Waals surface area contributed by atoms with Gasteiger partial charge in [0.1, 0.15) is 23.1 Å². The molecule has 0 aliphatic carbocycles. The lowest BCUT2D eigenvalue weighted by Crippen LogP contribution is -2.36. The number of carbonyl (C=O) groups excluding carboxylic acids is 3. The molecule has 0 saturated carbocycles. The third-order valence-electron chi connectivity index (χ3n) is 7.79. The Kier molecular flexibility index (Phi) is 9.45. The number of methoxy groups -OCH3 is 1. The Bertz CT molecular complexity index is 2130. The van der Waals surface area contributed by atoms with E-state index in [1.807, 2.05) is 30.3 Å². The molecule has 2 heterocycles. The minimum absolute atomic E-state index is 0.0294. The Hall–Kier alpha value is -5.39. The number of rotatable bonds is 8. The second kappa shape index (κ2) is 13.3. The van der Waals surface area contributed by atoms with Crippen LogP contribution in [0, 0.1) is 6.92 Å². The van der Waals surface area contributed by atoms with E-state index in [0.717, 1.165) is 10.9 Å². The topological polar surface area (TPSA) is 153 Å². The van der Waals surface area contributed by atoms with Crippen LogP contribution < -0.4 is 10.5 Å². The van der Waals surface area contributed by atoms with E-state index in [-0.39, 0.29) is 30.8 Å². The molecule has 5 aromatic rings. The monoisotopic (exact) mass is 670 g/mol. The van der Waals surface area contributed by atoms with Crippen LogP contribution in [0.1, 0.15) is 71.8 Å². The van der Waals surface area contributed by atoms with Crippen LogP contribution in [0.15, 0.2) is 59.5 Å². The molecule has 0 spiro atoms. The molecular formula is C37H42N4O8. The number of carbonyl (C=O) groups is 3. The molecule has 0 bridgehead atoms. The first-order valence-electron chi connectivity index (χ1n) is 16.0. The summed E-state index contributed by atoms with van der Waals surface area (Å²) >= 11 is 0. The lowest BCUT2D eigenvalue weighted by Gasteiger charge is -2.28. The summed E-state index contributed by atoms with van der Waals surface area (Å²) in [6.07, 6.45) is 0.933. The van der Waals surface area contributed by atoms with E-state index in [2.05, 4.69) is 9.97 Å². The molecule has 1 atom stereocenters. The van der Waals surface area contributed by atoms with E-state index in [9.17, 15) is 24.3 Å². The SMILES string of the molecule is COC(=O)C(CCC(=O)OC(C)(C)C)n1cc2cc(N(Cc3ccc4ccc5nc(C)[nH]c(=O)c5c4c3)C(=O)OC(C)(C)C)ccc2c1O. The van der Waals surface area contributed by atoms with Crippen molar-refractivity contribution in [3.63, 3.8) is 0 Å². The van der Waals surface area contributed by atoms with Crippen LogP contribution in [0.5, 0.6) is 5.88 Å². The van der Waals surface area contributed by atoms with Gasteiger partial charge in [0, 0.05) is 29.1 Å². The van der Waals surface area contributed by atoms with Gasteiger partial charge in [-0.15, -0.1) is 0 Å². The first-order valence-corrected chi connectivity index (χ1v) is 16.0. The van der Waals surface area contributed by atoms with Crippen LogP contribution in [0.4, 0.5) is 10.5 Å². The van der Waals surface area contributed by atoms with Gasteiger partial charge in [-0.2, -0.15) is 0 Å². The lowest BCUT2D eigenvalue weighted by molar-refractivity contribution is -0.155. The quantitative estimate of drug-likeness (QED) is 0.103. The van der Waals surface area contributed by atoms with Gasteiger partial charge < -0.3 is 28.9 Å². The highest BCUT2D eigenvalue weighted by Gasteiger charge is 2.29. The number of aromatic amines is 1. The molecule has 0 aliphatic rings. The van der Waals surface area contributed by atoms with Crippen molar-refractivity contribution in [2.45, 2.75) is 85.1 Å². The molecular weight excluding hydrogens is 628 g/mol. The molecule has 0 saturated heterocycles. The van der Waals surface area contributed by atoms with E-state index >= 15 is 0 Å². The average molecular weight is 671 g/mol. The molecule has 0 radical (unpaired) electrons. The third-order valence-corrected chi connectivity index (χ3v) is 7.79. The van der Waals surface area contributed by atoms with Crippen molar-refractivity contribution in [1.29, 1.82) is 0 Å². The Morgan fingerprint density at radius 3 is 2.31 bits per heavy atom. The van der Waals surface area contributed by atoms with Crippen molar-refractivity contribution < 1.29 is 33.7 Å². The fourth-order valence-corrected chi connectivity index (χ4v) is 5.75. The summed E-state index contributed by atoms with van der Waals surface area (Å²) in [5, 5.41) is 14.2. The highest BCUT2D eigenvalue weighted by Crippen LogP contribution is 2.36. The summed E-state index contributed by atoms with van der Waals surface area (Å²) < 4.78 is 17.6. The molecule has 0 fully saturated rings. The minimum Gasteiger partial charge on any atom is -0.494 e. The Labute approximate surface area is 283 Å². The predicted molar refractivity (Wildman–Crippen MR) is 187 cm³/mol.